The zero-order valence-electron chi connectivity index (χ0n) is 14.7. The molecule has 0 amide bonds. The zero-order valence-corrected chi connectivity index (χ0v) is 14.7. The number of aromatic nitrogens is 2. The van der Waals surface area contributed by atoms with Crippen molar-refractivity contribution < 1.29 is 4.74 Å². The lowest BCUT2D eigenvalue weighted by Crippen LogP contribution is -2.12. The molecule has 7 heteroatoms. The maximum absolute atomic E-state index is 12.1. The molecule has 0 radical (unpaired) electrons. The van der Waals surface area contributed by atoms with Crippen molar-refractivity contribution in [3.63, 3.8) is 0 Å². The first kappa shape index (κ1) is 17.7. The average Bonchev–Trinajstić information content (AvgIpc) is 2.67. The fourth-order valence-corrected chi connectivity index (χ4v) is 2.59. The molecule has 0 saturated carbocycles. The lowest BCUT2D eigenvalue weighted by Gasteiger charge is -2.12. The predicted molar refractivity (Wildman–Crippen MR) is 100 cm³/mol. The number of benzene rings is 2. The van der Waals surface area contributed by atoms with E-state index in [0.717, 1.165) is 11.1 Å². The summed E-state index contributed by atoms with van der Waals surface area (Å²) in [7, 11) is 0. The molecule has 0 bridgehead atoms. The van der Waals surface area contributed by atoms with Crippen LogP contribution in [0.5, 0.6) is 11.5 Å². The van der Waals surface area contributed by atoms with E-state index in [1.165, 1.54) is 6.07 Å². The third-order valence-corrected chi connectivity index (χ3v) is 3.86. The number of nitriles is 2. The van der Waals surface area contributed by atoms with Crippen LogP contribution in [0.1, 0.15) is 22.3 Å². The third kappa shape index (κ3) is 3.94. The van der Waals surface area contributed by atoms with E-state index in [1.54, 1.807) is 36.4 Å². The van der Waals surface area contributed by atoms with Gasteiger partial charge in [0.25, 0.3) is 0 Å². The highest BCUT2D eigenvalue weighted by Crippen LogP contribution is 2.29. The molecular weight excluding hydrogens is 342 g/mol. The topological polar surface area (TPSA) is 115 Å². The van der Waals surface area contributed by atoms with Crippen molar-refractivity contribution in [2.75, 3.05) is 5.32 Å². The fourth-order valence-electron chi connectivity index (χ4n) is 2.59. The van der Waals surface area contributed by atoms with E-state index in [2.05, 4.69) is 21.6 Å². The van der Waals surface area contributed by atoms with Gasteiger partial charge in [0.15, 0.2) is 11.6 Å². The molecule has 2 N–H and O–H groups in total. The van der Waals surface area contributed by atoms with Crippen molar-refractivity contribution in [2.24, 2.45) is 0 Å². The Morgan fingerprint density at radius 2 is 1.63 bits per heavy atom. The number of hydrogen-bond donors (Lipinski definition) is 2. The van der Waals surface area contributed by atoms with E-state index in [-0.39, 0.29) is 5.75 Å². The van der Waals surface area contributed by atoms with Crippen LogP contribution < -0.4 is 15.6 Å². The monoisotopic (exact) mass is 357 g/mol. The van der Waals surface area contributed by atoms with Crippen molar-refractivity contribution in [2.45, 2.75) is 13.8 Å². The minimum atomic E-state index is -0.469. The van der Waals surface area contributed by atoms with Gasteiger partial charge in [-0.2, -0.15) is 15.6 Å². The van der Waals surface area contributed by atoms with E-state index in [4.69, 9.17) is 15.3 Å². The summed E-state index contributed by atoms with van der Waals surface area (Å²) in [5, 5.41) is 27.3. The van der Waals surface area contributed by atoms with Crippen LogP contribution in [0.15, 0.2) is 47.3 Å². The first-order valence-corrected chi connectivity index (χ1v) is 8.06. The van der Waals surface area contributed by atoms with Crippen LogP contribution in [0.2, 0.25) is 0 Å². The van der Waals surface area contributed by atoms with Gasteiger partial charge in [-0.3, -0.25) is 4.79 Å². The molecule has 0 aliphatic heterocycles. The molecule has 27 heavy (non-hydrogen) atoms. The number of H-pyrrole nitrogens is 1. The molecule has 2 aromatic carbocycles. The first-order chi connectivity index (χ1) is 13.0. The predicted octanol–water partition coefficient (Wildman–Crippen LogP) is 3.67. The quantitative estimate of drug-likeness (QED) is 0.736. The van der Waals surface area contributed by atoms with Gasteiger partial charge < -0.3 is 10.1 Å². The summed E-state index contributed by atoms with van der Waals surface area (Å²) in [6.07, 6.45) is 0. The average molecular weight is 357 g/mol. The third-order valence-electron chi connectivity index (χ3n) is 3.86. The number of aryl methyl sites for hydroxylation is 2. The SMILES string of the molecule is Cc1cc(C#N)cc(C)c1Oc1cc(Nc2ccc(C#N)cc2)n[nH]c1=O. The Morgan fingerprint density at radius 3 is 2.22 bits per heavy atom. The van der Waals surface area contributed by atoms with Gasteiger partial charge in [0, 0.05) is 11.8 Å². The second-order valence-electron chi connectivity index (χ2n) is 5.91. The number of anilines is 2. The second kappa shape index (κ2) is 7.42. The smallest absolute Gasteiger partial charge is 0.307 e. The molecular formula is C20H15N5O2. The number of nitrogens with one attached hydrogen (secondary N) is 2. The number of nitrogens with zero attached hydrogens (tertiary/aromatic N) is 3. The van der Waals surface area contributed by atoms with E-state index < -0.39 is 5.56 Å². The summed E-state index contributed by atoms with van der Waals surface area (Å²) in [5.41, 5.74) is 2.83. The van der Waals surface area contributed by atoms with Crippen LogP contribution in [-0.2, 0) is 0 Å². The molecule has 3 aromatic rings. The summed E-state index contributed by atoms with van der Waals surface area (Å²) in [5.74, 6) is 0.991. The molecule has 7 nitrogen and oxygen atoms in total. The number of aromatic amines is 1. The van der Waals surface area contributed by atoms with Gasteiger partial charge in [0.2, 0.25) is 0 Å². The maximum Gasteiger partial charge on any atom is 0.307 e. The molecule has 0 unspecified atom stereocenters. The molecule has 0 aliphatic carbocycles. The molecule has 0 aliphatic rings. The summed E-state index contributed by atoms with van der Waals surface area (Å²) in [6, 6.07) is 15.9. The van der Waals surface area contributed by atoms with Crippen LogP contribution >= 0.6 is 0 Å². The molecule has 0 spiro atoms. The standard InChI is InChI=1S/C20H15N5O2/c1-12-7-15(11-22)8-13(2)19(12)27-17-9-18(24-25-20(17)26)23-16-5-3-14(10-21)4-6-16/h3-9H,1-2H3,(H,23,24)(H,25,26). The van der Waals surface area contributed by atoms with E-state index >= 15 is 0 Å². The number of ether oxygens (including phenoxy) is 1. The molecule has 0 fully saturated rings. The van der Waals surface area contributed by atoms with Crippen LogP contribution in [0.25, 0.3) is 0 Å². The Kier molecular flexibility index (Phi) is 4.87. The fraction of sp³-hybridized carbons (Fsp3) is 0.100. The van der Waals surface area contributed by atoms with E-state index in [0.29, 0.717) is 28.4 Å². The van der Waals surface area contributed by atoms with E-state index in [1.807, 2.05) is 19.9 Å². The lowest BCUT2D eigenvalue weighted by atomic mass is 10.1. The molecule has 1 heterocycles. The second-order valence-corrected chi connectivity index (χ2v) is 5.91. The minimum Gasteiger partial charge on any atom is -0.451 e. The Hall–Kier alpha value is -4.10. The molecule has 0 saturated heterocycles. The van der Waals surface area contributed by atoms with Gasteiger partial charge in [-0.05, 0) is 61.4 Å². The van der Waals surface area contributed by atoms with Crippen molar-refractivity contribution in [3.05, 3.63) is 75.1 Å². The highest BCUT2D eigenvalue weighted by molar-refractivity contribution is 5.58. The molecule has 132 valence electrons. The number of hydrogen-bond acceptors (Lipinski definition) is 6. The summed E-state index contributed by atoms with van der Waals surface area (Å²) in [4.78, 5) is 12.1. The minimum absolute atomic E-state index is 0.0806. The summed E-state index contributed by atoms with van der Waals surface area (Å²) in [6.45, 7) is 3.63. The Morgan fingerprint density at radius 1 is 1.00 bits per heavy atom. The van der Waals surface area contributed by atoms with Gasteiger partial charge in [-0.15, -0.1) is 0 Å². The molecule has 0 atom stereocenters. The Bertz CT molecular complexity index is 1110. The highest BCUT2D eigenvalue weighted by atomic mass is 16.5. The van der Waals surface area contributed by atoms with Crippen LogP contribution in [-0.4, -0.2) is 10.2 Å². The zero-order chi connectivity index (χ0) is 19.4. The summed E-state index contributed by atoms with van der Waals surface area (Å²) >= 11 is 0. The van der Waals surface area contributed by atoms with Crippen molar-refractivity contribution in [1.29, 1.82) is 10.5 Å². The molecule has 3 rings (SSSR count). The van der Waals surface area contributed by atoms with Crippen LogP contribution in [0.4, 0.5) is 11.5 Å². The lowest BCUT2D eigenvalue weighted by molar-refractivity contribution is 0.465. The van der Waals surface area contributed by atoms with Gasteiger partial charge in [0.05, 0.1) is 23.3 Å². The molecule has 1 aromatic heterocycles. The van der Waals surface area contributed by atoms with Gasteiger partial charge in [0.1, 0.15) is 5.75 Å². The Balaban J connectivity index is 1.89. The van der Waals surface area contributed by atoms with Crippen molar-refractivity contribution in [1.82, 2.24) is 10.2 Å². The Labute approximate surface area is 155 Å². The van der Waals surface area contributed by atoms with E-state index in [9.17, 15) is 4.79 Å². The van der Waals surface area contributed by atoms with Gasteiger partial charge in [-0.1, -0.05) is 0 Å². The summed E-state index contributed by atoms with van der Waals surface area (Å²) < 4.78 is 5.81. The maximum atomic E-state index is 12.1. The normalized spacial score (nSPS) is 9.93. The van der Waals surface area contributed by atoms with Crippen LogP contribution in [0.3, 0.4) is 0 Å². The largest absolute Gasteiger partial charge is 0.451 e. The van der Waals surface area contributed by atoms with Crippen LogP contribution in [0, 0.1) is 36.5 Å². The van der Waals surface area contributed by atoms with Crippen molar-refractivity contribution in [3.8, 4) is 23.6 Å². The number of rotatable bonds is 4. The highest BCUT2D eigenvalue weighted by Gasteiger charge is 2.12. The van der Waals surface area contributed by atoms with Gasteiger partial charge >= 0.3 is 5.56 Å². The van der Waals surface area contributed by atoms with Gasteiger partial charge in [-0.25, -0.2) is 5.10 Å². The van der Waals surface area contributed by atoms with Crippen molar-refractivity contribution >= 4 is 11.5 Å². The first-order valence-electron chi connectivity index (χ1n) is 8.06.